The van der Waals surface area contributed by atoms with Crippen LogP contribution < -0.4 is 5.73 Å². The summed E-state index contributed by atoms with van der Waals surface area (Å²) in [5, 5.41) is 3.04. The van der Waals surface area contributed by atoms with Gasteiger partial charge in [0.1, 0.15) is 0 Å². The molecule has 0 aliphatic heterocycles. The van der Waals surface area contributed by atoms with E-state index in [1.807, 2.05) is 0 Å². The van der Waals surface area contributed by atoms with Crippen molar-refractivity contribution in [1.29, 1.82) is 0 Å². The number of hydrogen-bond donors (Lipinski definition) is 1. The van der Waals surface area contributed by atoms with Crippen LogP contribution >= 0.6 is 0 Å². The molecular weight excluding hydrogens is 111 g/mol. The summed E-state index contributed by atoms with van der Waals surface area (Å²) in [5.41, 5.74) is 12.7. The number of rotatable bonds is 3. The van der Waals surface area contributed by atoms with E-state index < -0.39 is 12.7 Å². The maximum Gasteiger partial charge on any atom is 0.0991 e. The van der Waals surface area contributed by atoms with E-state index in [2.05, 4.69) is 10.0 Å². The molecule has 2 N–H and O–H groups in total. The normalized spacial score (nSPS) is 12.2. The second-order valence-electron chi connectivity index (χ2n) is 1.25. The molecule has 0 saturated heterocycles. The topological polar surface area (TPSA) is 74.8 Å². The number of azide groups is 1. The van der Waals surface area contributed by atoms with Crippen molar-refractivity contribution in [2.75, 3.05) is 13.2 Å². The lowest BCUT2D eigenvalue weighted by molar-refractivity contribution is 0.432. The van der Waals surface area contributed by atoms with E-state index in [4.69, 9.17) is 11.3 Å². The van der Waals surface area contributed by atoms with Gasteiger partial charge in [-0.1, -0.05) is 5.11 Å². The summed E-state index contributed by atoms with van der Waals surface area (Å²) in [6.07, 6.45) is 0. The molecule has 0 saturated carbocycles. The van der Waals surface area contributed by atoms with Gasteiger partial charge < -0.3 is 5.73 Å². The van der Waals surface area contributed by atoms with Gasteiger partial charge in [-0.05, 0) is 5.53 Å². The average Bonchev–Trinajstić information content (AvgIpc) is 1.83. The van der Waals surface area contributed by atoms with Crippen molar-refractivity contribution >= 4 is 0 Å². The van der Waals surface area contributed by atoms with Crippen LogP contribution in [0.2, 0.25) is 0 Å². The van der Waals surface area contributed by atoms with Crippen molar-refractivity contribution in [1.82, 2.24) is 0 Å². The van der Waals surface area contributed by atoms with Crippen LogP contribution in [0.15, 0.2) is 5.11 Å². The Labute approximate surface area is 46.1 Å². The van der Waals surface area contributed by atoms with Gasteiger partial charge in [-0.25, -0.2) is 0 Å². The maximum atomic E-state index is 11.5. The summed E-state index contributed by atoms with van der Waals surface area (Å²) in [7, 11) is 0. The smallest absolute Gasteiger partial charge is 0.0991 e. The van der Waals surface area contributed by atoms with Crippen molar-refractivity contribution in [2.45, 2.75) is 6.04 Å². The summed E-state index contributed by atoms with van der Waals surface area (Å²) >= 11 is 0. The van der Waals surface area contributed by atoms with Crippen molar-refractivity contribution in [2.24, 2.45) is 10.8 Å². The molecule has 0 aromatic carbocycles. The van der Waals surface area contributed by atoms with Crippen LogP contribution in [0.5, 0.6) is 0 Å². The van der Waals surface area contributed by atoms with E-state index in [1.165, 1.54) is 0 Å². The van der Waals surface area contributed by atoms with Gasteiger partial charge in [-0.2, -0.15) is 0 Å². The first-order valence-corrected chi connectivity index (χ1v) is 2.15. The molecule has 0 rings (SSSR count). The Morgan fingerprint density at radius 1 is 1.88 bits per heavy atom. The van der Waals surface area contributed by atoms with Crippen LogP contribution in [0.25, 0.3) is 10.4 Å². The Balaban J connectivity index is 3.52. The Kier molecular flexibility index (Phi) is 3.93. The van der Waals surface area contributed by atoms with E-state index in [-0.39, 0.29) is 6.54 Å². The number of alkyl halides is 1. The molecule has 0 aliphatic carbocycles. The van der Waals surface area contributed by atoms with Crippen LogP contribution in [0.3, 0.4) is 0 Å². The molecule has 4 nitrogen and oxygen atoms in total. The summed E-state index contributed by atoms with van der Waals surface area (Å²) < 4.78 is 11.5. The summed E-state index contributed by atoms with van der Waals surface area (Å²) in [6, 6.07) is -0.681. The van der Waals surface area contributed by atoms with Crippen molar-refractivity contribution in [3.05, 3.63) is 10.4 Å². The third kappa shape index (κ3) is 2.39. The molecule has 0 spiro atoms. The molecule has 0 bridgehead atoms. The highest BCUT2D eigenvalue weighted by Crippen LogP contribution is 1.87. The highest BCUT2D eigenvalue weighted by molar-refractivity contribution is 4.64. The fourth-order valence-electron chi connectivity index (χ4n) is 0.214. The fraction of sp³-hybridized carbons (Fsp3) is 1.00. The SMILES string of the molecule is [N-]=[N+]=NC(CN)CF. The number of hydrogen-bond acceptors (Lipinski definition) is 2. The van der Waals surface area contributed by atoms with Gasteiger partial charge in [0, 0.05) is 11.5 Å². The van der Waals surface area contributed by atoms with Crippen molar-refractivity contribution in [3.63, 3.8) is 0 Å². The van der Waals surface area contributed by atoms with E-state index in [0.717, 1.165) is 0 Å². The van der Waals surface area contributed by atoms with Crippen LogP contribution in [0.1, 0.15) is 0 Å². The van der Waals surface area contributed by atoms with Gasteiger partial charge >= 0.3 is 0 Å². The quantitative estimate of drug-likeness (QED) is 0.328. The minimum atomic E-state index is -0.681. The number of nitrogens with zero attached hydrogens (tertiary/aromatic N) is 3. The van der Waals surface area contributed by atoms with Gasteiger partial charge in [0.2, 0.25) is 0 Å². The molecular formula is C3H7FN4. The largest absolute Gasteiger partial charge is 0.330 e. The Morgan fingerprint density at radius 3 is 2.62 bits per heavy atom. The highest BCUT2D eigenvalue weighted by Gasteiger charge is 1.99. The molecule has 0 heterocycles. The number of halogens is 1. The molecule has 1 atom stereocenters. The van der Waals surface area contributed by atoms with E-state index in [9.17, 15) is 4.39 Å². The van der Waals surface area contributed by atoms with E-state index in [0.29, 0.717) is 0 Å². The molecule has 0 fully saturated rings. The lowest BCUT2D eigenvalue weighted by Crippen LogP contribution is -2.18. The van der Waals surface area contributed by atoms with Gasteiger partial charge in [0.15, 0.2) is 0 Å². The molecule has 5 heteroatoms. The highest BCUT2D eigenvalue weighted by atomic mass is 19.1. The zero-order valence-corrected chi connectivity index (χ0v) is 4.29. The Morgan fingerprint density at radius 2 is 2.50 bits per heavy atom. The van der Waals surface area contributed by atoms with Crippen molar-refractivity contribution in [3.8, 4) is 0 Å². The summed E-state index contributed by atoms with van der Waals surface area (Å²) in [5.74, 6) is 0. The second-order valence-corrected chi connectivity index (χ2v) is 1.25. The predicted octanol–water partition coefficient (Wildman–Crippen LogP) is 0.594. The minimum Gasteiger partial charge on any atom is -0.330 e. The molecule has 1 unspecified atom stereocenters. The zero-order valence-electron chi connectivity index (χ0n) is 4.29. The zero-order chi connectivity index (χ0) is 6.41. The monoisotopic (exact) mass is 118 g/mol. The maximum absolute atomic E-state index is 11.5. The lowest BCUT2D eigenvalue weighted by atomic mass is 10.4. The summed E-state index contributed by atoms with van der Waals surface area (Å²) in [4.78, 5) is 2.38. The Hall–Kier alpha value is -0.800. The van der Waals surface area contributed by atoms with Gasteiger partial charge in [-0.15, -0.1) is 0 Å². The molecule has 8 heavy (non-hydrogen) atoms. The van der Waals surface area contributed by atoms with Crippen molar-refractivity contribution < 1.29 is 4.39 Å². The molecule has 0 aliphatic rings. The second kappa shape index (κ2) is 4.36. The first kappa shape index (κ1) is 7.20. The minimum absolute atomic E-state index is 0.0700. The fourth-order valence-corrected chi connectivity index (χ4v) is 0.214. The molecule has 46 valence electrons. The standard InChI is InChI=1S/C3H7FN4/c4-1-3(2-5)7-8-6/h3H,1-2,5H2. The van der Waals surface area contributed by atoms with Crippen LogP contribution in [0.4, 0.5) is 4.39 Å². The van der Waals surface area contributed by atoms with Crippen LogP contribution in [-0.2, 0) is 0 Å². The molecule has 0 aromatic heterocycles. The van der Waals surface area contributed by atoms with Crippen LogP contribution in [0, 0.1) is 0 Å². The molecule has 0 aromatic rings. The first-order valence-electron chi connectivity index (χ1n) is 2.15. The third-order valence-corrected chi connectivity index (χ3v) is 0.665. The first-order chi connectivity index (χ1) is 3.85. The average molecular weight is 118 g/mol. The van der Waals surface area contributed by atoms with Gasteiger partial charge in [-0.3, -0.25) is 4.39 Å². The van der Waals surface area contributed by atoms with E-state index >= 15 is 0 Å². The summed E-state index contributed by atoms with van der Waals surface area (Å²) in [6.45, 7) is -0.610. The Bertz CT molecular complexity index is 93.5. The molecule has 0 radical (unpaired) electrons. The predicted molar refractivity (Wildman–Crippen MR) is 28.0 cm³/mol. The van der Waals surface area contributed by atoms with E-state index in [1.54, 1.807) is 0 Å². The number of nitrogens with two attached hydrogens (primary N) is 1. The van der Waals surface area contributed by atoms with Crippen LogP contribution in [-0.4, -0.2) is 19.3 Å². The lowest BCUT2D eigenvalue weighted by Gasteiger charge is -1.96. The van der Waals surface area contributed by atoms with Gasteiger partial charge in [0.25, 0.3) is 0 Å². The van der Waals surface area contributed by atoms with Gasteiger partial charge in [0.05, 0.1) is 12.7 Å². The molecule has 0 amide bonds. The third-order valence-electron chi connectivity index (χ3n) is 0.665.